The van der Waals surface area contributed by atoms with Gasteiger partial charge in [0.15, 0.2) is 0 Å². The highest BCUT2D eigenvalue weighted by molar-refractivity contribution is 8.00. The van der Waals surface area contributed by atoms with Gasteiger partial charge in [0.1, 0.15) is 5.70 Å². The molecule has 0 radical (unpaired) electrons. The molecule has 5 aromatic rings. The standard InChI is InChI=1S/C34H26N4O5S/c39-32(35-28-13-12-24-6-4-5-9-26(24)21-28)22-44-30-18-14-27(15-19-30)36-34(41)31(37-33(40)25-7-2-1-3-8-25)20-23-10-16-29(17-11-23)38(42)43/h1-21H,22H2,(H,35,39)(H,36,41)(H,37,40)/b31-20-. The molecule has 44 heavy (non-hydrogen) atoms. The molecule has 218 valence electrons. The molecule has 3 amide bonds. The third kappa shape index (κ3) is 7.96. The number of nitrogens with zero attached hydrogens (tertiary/aromatic N) is 1. The molecule has 0 aliphatic heterocycles. The van der Waals surface area contributed by atoms with Crippen LogP contribution in [-0.2, 0) is 9.59 Å². The summed E-state index contributed by atoms with van der Waals surface area (Å²) in [5.41, 5.74) is 1.92. The normalized spacial score (nSPS) is 11.0. The van der Waals surface area contributed by atoms with Crippen LogP contribution in [-0.4, -0.2) is 28.4 Å². The van der Waals surface area contributed by atoms with E-state index in [1.54, 1.807) is 54.6 Å². The summed E-state index contributed by atoms with van der Waals surface area (Å²) in [6, 6.07) is 34.7. The van der Waals surface area contributed by atoms with Gasteiger partial charge < -0.3 is 16.0 Å². The van der Waals surface area contributed by atoms with E-state index in [2.05, 4.69) is 16.0 Å². The lowest BCUT2D eigenvalue weighted by molar-refractivity contribution is -0.384. The van der Waals surface area contributed by atoms with Crippen molar-refractivity contribution in [2.45, 2.75) is 4.90 Å². The highest BCUT2D eigenvalue weighted by Gasteiger charge is 2.16. The molecule has 0 atom stereocenters. The molecule has 0 aromatic heterocycles. The van der Waals surface area contributed by atoms with Gasteiger partial charge in [0.2, 0.25) is 5.91 Å². The molecule has 0 saturated carbocycles. The summed E-state index contributed by atoms with van der Waals surface area (Å²) in [6.07, 6.45) is 1.44. The summed E-state index contributed by atoms with van der Waals surface area (Å²) >= 11 is 1.36. The van der Waals surface area contributed by atoms with Gasteiger partial charge in [0.25, 0.3) is 17.5 Å². The fourth-order valence-electron chi connectivity index (χ4n) is 4.25. The molecule has 5 aromatic carbocycles. The van der Waals surface area contributed by atoms with Crippen molar-refractivity contribution in [1.82, 2.24) is 5.32 Å². The summed E-state index contributed by atoms with van der Waals surface area (Å²) < 4.78 is 0. The van der Waals surface area contributed by atoms with Crippen LogP contribution in [0, 0.1) is 10.1 Å². The second-order valence-corrected chi connectivity index (χ2v) is 10.7. The molecule has 10 heteroatoms. The number of amides is 3. The van der Waals surface area contributed by atoms with Crippen LogP contribution in [0.25, 0.3) is 16.8 Å². The molecule has 0 unspecified atom stereocenters. The summed E-state index contributed by atoms with van der Waals surface area (Å²) in [6.45, 7) is 0. The number of hydrogen-bond acceptors (Lipinski definition) is 6. The molecule has 0 fully saturated rings. The van der Waals surface area contributed by atoms with Crippen molar-refractivity contribution >= 4 is 63.4 Å². The van der Waals surface area contributed by atoms with Gasteiger partial charge in [-0.3, -0.25) is 24.5 Å². The molecular weight excluding hydrogens is 576 g/mol. The molecule has 5 rings (SSSR count). The molecule has 0 saturated heterocycles. The van der Waals surface area contributed by atoms with Crippen LogP contribution in [0.15, 0.2) is 132 Å². The first-order valence-corrected chi connectivity index (χ1v) is 14.5. The number of fused-ring (bicyclic) bond motifs is 1. The molecule has 0 spiro atoms. The maximum Gasteiger partial charge on any atom is 0.272 e. The number of carbonyl (C=O) groups excluding carboxylic acids is 3. The van der Waals surface area contributed by atoms with Crippen LogP contribution >= 0.6 is 11.8 Å². The van der Waals surface area contributed by atoms with Gasteiger partial charge in [0.05, 0.1) is 10.7 Å². The van der Waals surface area contributed by atoms with Crippen LogP contribution in [0.3, 0.4) is 0 Å². The van der Waals surface area contributed by atoms with Crippen molar-refractivity contribution in [2.75, 3.05) is 16.4 Å². The lowest BCUT2D eigenvalue weighted by Crippen LogP contribution is -2.30. The molecule has 9 nitrogen and oxygen atoms in total. The zero-order chi connectivity index (χ0) is 30.9. The van der Waals surface area contributed by atoms with E-state index in [1.165, 1.54) is 42.1 Å². The average molecular weight is 603 g/mol. The number of anilines is 2. The van der Waals surface area contributed by atoms with Crippen LogP contribution in [0.4, 0.5) is 17.1 Å². The van der Waals surface area contributed by atoms with Crippen molar-refractivity contribution in [3.05, 3.63) is 148 Å². The first-order chi connectivity index (χ1) is 21.3. The quantitative estimate of drug-likeness (QED) is 0.0691. The molecule has 3 N–H and O–H groups in total. The van der Waals surface area contributed by atoms with E-state index < -0.39 is 16.7 Å². The van der Waals surface area contributed by atoms with Gasteiger partial charge in [0, 0.05) is 34.0 Å². The van der Waals surface area contributed by atoms with E-state index in [0.29, 0.717) is 16.8 Å². The summed E-state index contributed by atoms with van der Waals surface area (Å²) in [4.78, 5) is 49.9. The number of nitro groups is 1. The minimum Gasteiger partial charge on any atom is -0.325 e. The van der Waals surface area contributed by atoms with Gasteiger partial charge in [-0.2, -0.15) is 0 Å². The number of thioether (sulfide) groups is 1. The maximum atomic E-state index is 13.3. The van der Waals surface area contributed by atoms with Gasteiger partial charge in [-0.15, -0.1) is 11.8 Å². The van der Waals surface area contributed by atoms with Crippen LogP contribution in [0.1, 0.15) is 15.9 Å². The second kappa shape index (κ2) is 14.0. The first-order valence-electron chi connectivity index (χ1n) is 13.5. The first kappa shape index (κ1) is 29.7. The van der Waals surface area contributed by atoms with Gasteiger partial charge in [-0.1, -0.05) is 48.5 Å². The lowest BCUT2D eigenvalue weighted by Gasteiger charge is -2.12. The van der Waals surface area contributed by atoms with E-state index in [0.717, 1.165) is 21.4 Å². The number of rotatable bonds is 10. The van der Waals surface area contributed by atoms with E-state index in [9.17, 15) is 24.5 Å². The monoisotopic (exact) mass is 602 g/mol. The van der Waals surface area contributed by atoms with E-state index >= 15 is 0 Å². The Hall–Kier alpha value is -5.74. The number of benzene rings is 5. The minimum absolute atomic E-state index is 0.0449. The van der Waals surface area contributed by atoms with Gasteiger partial charge >= 0.3 is 0 Å². The molecule has 0 bridgehead atoms. The predicted molar refractivity (Wildman–Crippen MR) is 173 cm³/mol. The van der Waals surface area contributed by atoms with Crippen molar-refractivity contribution < 1.29 is 19.3 Å². The Morgan fingerprint density at radius 1 is 0.727 bits per heavy atom. The zero-order valence-corrected chi connectivity index (χ0v) is 24.0. The Morgan fingerprint density at radius 3 is 2.09 bits per heavy atom. The van der Waals surface area contributed by atoms with Crippen LogP contribution in [0.5, 0.6) is 0 Å². The predicted octanol–water partition coefficient (Wildman–Crippen LogP) is 6.89. The molecule has 0 aliphatic carbocycles. The Kier molecular flexibility index (Phi) is 9.43. The maximum absolute atomic E-state index is 13.3. The Balaban J connectivity index is 1.22. The van der Waals surface area contributed by atoms with Crippen LogP contribution in [0.2, 0.25) is 0 Å². The second-order valence-electron chi connectivity index (χ2n) is 9.60. The van der Waals surface area contributed by atoms with Gasteiger partial charge in [-0.05, 0) is 83.1 Å². The number of nitro benzene ring substituents is 1. The fraction of sp³-hybridized carbons (Fsp3) is 0.0294. The van der Waals surface area contributed by atoms with Gasteiger partial charge in [-0.25, -0.2) is 0 Å². The third-order valence-electron chi connectivity index (χ3n) is 6.46. The highest BCUT2D eigenvalue weighted by atomic mass is 32.2. The lowest BCUT2D eigenvalue weighted by atomic mass is 10.1. The number of hydrogen-bond donors (Lipinski definition) is 3. The highest BCUT2D eigenvalue weighted by Crippen LogP contribution is 2.23. The largest absolute Gasteiger partial charge is 0.325 e. The molecule has 0 aliphatic rings. The SMILES string of the molecule is O=C(CSc1ccc(NC(=O)/C(=C/c2ccc([N+](=O)[O-])cc2)NC(=O)c2ccccc2)cc1)Nc1ccc2ccccc2c1. The van der Waals surface area contributed by atoms with Crippen molar-refractivity contribution in [2.24, 2.45) is 0 Å². The third-order valence-corrected chi connectivity index (χ3v) is 7.47. The number of carbonyl (C=O) groups is 3. The van der Waals surface area contributed by atoms with Crippen molar-refractivity contribution in [1.29, 1.82) is 0 Å². The Morgan fingerprint density at radius 2 is 1.39 bits per heavy atom. The number of nitrogens with one attached hydrogen (secondary N) is 3. The topological polar surface area (TPSA) is 130 Å². The van der Waals surface area contributed by atoms with E-state index in [1.807, 2.05) is 42.5 Å². The van der Waals surface area contributed by atoms with Crippen LogP contribution < -0.4 is 16.0 Å². The summed E-state index contributed by atoms with van der Waals surface area (Å²) in [5, 5.41) is 21.5. The molecular formula is C34H26N4O5S. The van der Waals surface area contributed by atoms with E-state index in [-0.39, 0.29) is 23.0 Å². The minimum atomic E-state index is -0.581. The number of non-ortho nitro benzene ring substituents is 1. The Labute approximate surface area is 257 Å². The summed E-state index contributed by atoms with van der Waals surface area (Å²) in [5.74, 6) is -1.00. The van der Waals surface area contributed by atoms with Crippen molar-refractivity contribution in [3.63, 3.8) is 0 Å². The van der Waals surface area contributed by atoms with Crippen molar-refractivity contribution in [3.8, 4) is 0 Å². The smallest absolute Gasteiger partial charge is 0.272 e. The zero-order valence-electron chi connectivity index (χ0n) is 23.2. The summed E-state index contributed by atoms with van der Waals surface area (Å²) in [7, 11) is 0. The van der Waals surface area contributed by atoms with E-state index in [4.69, 9.17) is 0 Å². The fourth-order valence-corrected chi connectivity index (χ4v) is 4.95. The Bertz CT molecular complexity index is 1860. The average Bonchev–Trinajstić information content (AvgIpc) is 3.04. The molecule has 0 heterocycles.